The number of carboxylic acids is 1. The van der Waals surface area contributed by atoms with Gasteiger partial charge >= 0.3 is 5.97 Å². The summed E-state index contributed by atoms with van der Waals surface area (Å²) in [6.45, 7) is 5.49. The van der Waals surface area contributed by atoms with Crippen LogP contribution in [0.5, 0.6) is 0 Å². The zero-order chi connectivity index (χ0) is 23.1. The highest BCUT2D eigenvalue weighted by Crippen LogP contribution is 2.27. The van der Waals surface area contributed by atoms with E-state index in [-0.39, 0.29) is 21.4 Å². The second-order valence-electron chi connectivity index (χ2n) is 7.54. The standard InChI is InChI=1S/C21H28N4O5S2/c1-2-3-8-22-19(26)15-24-9-11-25(12-10-24)18-7-6-16(14-17(18)21(27)28)23-32(29,30)20-5-4-13-31-20/h4-7,13-14,23H,2-3,8-12,15H2,1H3,(H,22,26)(H,27,28). The predicted octanol–water partition coefficient (Wildman–Crippen LogP) is 2.29. The summed E-state index contributed by atoms with van der Waals surface area (Å²) in [7, 11) is -3.76. The lowest BCUT2D eigenvalue weighted by atomic mass is 10.1. The average molecular weight is 481 g/mol. The molecule has 0 saturated carbocycles. The largest absolute Gasteiger partial charge is 0.478 e. The van der Waals surface area contributed by atoms with Crippen LogP contribution in [-0.4, -0.2) is 69.6 Å². The number of aromatic carboxylic acids is 1. The molecule has 0 aliphatic carbocycles. The van der Waals surface area contributed by atoms with Crippen molar-refractivity contribution in [3.63, 3.8) is 0 Å². The lowest BCUT2D eigenvalue weighted by Gasteiger charge is -2.36. The predicted molar refractivity (Wildman–Crippen MR) is 125 cm³/mol. The van der Waals surface area contributed by atoms with Crippen molar-refractivity contribution in [2.75, 3.05) is 48.9 Å². The molecule has 2 aromatic rings. The van der Waals surface area contributed by atoms with Crippen LogP contribution in [0.1, 0.15) is 30.1 Å². The van der Waals surface area contributed by atoms with Gasteiger partial charge < -0.3 is 15.3 Å². The van der Waals surface area contributed by atoms with Crippen LogP contribution >= 0.6 is 11.3 Å². The molecule has 1 saturated heterocycles. The van der Waals surface area contributed by atoms with Gasteiger partial charge in [0.25, 0.3) is 10.0 Å². The lowest BCUT2D eigenvalue weighted by molar-refractivity contribution is -0.122. The molecule has 1 amide bonds. The Morgan fingerprint density at radius 3 is 2.53 bits per heavy atom. The normalized spacial score (nSPS) is 14.8. The molecule has 0 spiro atoms. The molecule has 3 N–H and O–H groups in total. The number of rotatable bonds is 10. The summed E-state index contributed by atoms with van der Waals surface area (Å²) in [5.74, 6) is -1.13. The number of carbonyl (C=O) groups is 2. The van der Waals surface area contributed by atoms with Gasteiger partial charge in [0.2, 0.25) is 5.91 Å². The van der Waals surface area contributed by atoms with Crippen LogP contribution in [-0.2, 0) is 14.8 Å². The van der Waals surface area contributed by atoms with Crippen LogP contribution in [0.25, 0.3) is 0 Å². The van der Waals surface area contributed by atoms with Crippen molar-refractivity contribution >= 4 is 44.6 Å². The van der Waals surface area contributed by atoms with Crippen molar-refractivity contribution in [2.24, 2.45) is 0 Å². The van der Waals surface area contributed by atoms with Gasteiger partial charge in [-0.3, -0.25) is 14.4 Å². The number of thiophene rings is 1. The minimum Gasteiger partial charge on any atom is -0.478 e. The molecule has 2 heterocycles. The van der Waals surface area contributed by atoms with Crippen LogP contribution < -0.4 is 14.9 Å². The second kappa shape index (κ2) is 10.8. The van der Waals surface area contributed by atoms with Crippen molar-refractivity contribution in [2.45, 2.75) is 24.0 Å². The lowest BCUT2D eigenvalue weighted by Crippen LogP contribution is -2.49. The van der Waals surface area contributed by atoms with E-state index in [4.69, 9.17) is 0 Å². The molecule has 0 bridgehead atoms. The van der Waals surface area contributed by atoms with E-state index in [1.54, 1.807) is 23.6 Å². The molecule has 32 heavy (non-hydrogen) atoms. The number of hydrogen-bond acceptors (Lipinski definition) is 7. The van der Waals surface area contributed by atoms with Gasteiger partial charge in [-0.25, -0.2) is 13.2 Å². The fraction of sp³-hybridized carbons (Fsp3) is 0.429. The summed E-state index contributed by atoms with van der Waals surface area (Å²) < 4.78 is 27.5. The highest BCUT2D eigenvalue weighted by molar-refractivity contribution is 7.94. The summed E-state index contributed by atoms with van der Waals surface area (Å²) >= 11 is 1.09. The molecule has 3 rings (SSSR count). The fourth-order valence-corrected chi connectivity index (χ4v) is 5.52. The number of piperazine rings is 1. The molecular weight excluding hydrogens is 452 g/mol. The van der Waals surface area contributed by atoms with Crippen LogP contribution in [0.2, 0.25) is 0 Å². The molecule has 0 unspecified atom stereocenters. The van der Waals surface area contributed by atoms with Gasteiger partial charge in [-0.15, -0.1) is 11.3 Å². The van der Waals surface area contributed by atoms with E-state index in [1.807, 2.05) is 9.80 Å². The molecule has 0 atom stereocenters. The Morgan fingerprint density at radius 1 is 1.16 bits per heavy atom. The fourth-order valence-electron chi connectivity index (χ4n) is 3.48. The molecule has 174 valence electrons. The minimum atomic E-state index is -3.76. The summed E-state index contributed by atoms with van der Waals surface area (Å²) in [4.78, 5) is 27.9. The number of sulfonamides is 1. The maximum absolute atomic E-state index is 12.4. The zero-order valence-corrected chi connectivity index (χ0v) is 19.5. The van der Waals surface area contributed by atoms with E-state index in [1.165, 1.54) is 12.1 Å². The quantitative estimate of drug-likeness (QED) is 0.446. The third-order valence-electron chi connectivity index (χ3n) is 5.17. The average Bonchev–Trinajstić information content (AvgIpc) is 3.30. The zero-order valence-electron chi connectivity index (χ0n) is 17.9. The SMILES string of the molecule is CCCCNC(=O)CN1CCN(c2ccc(NS(=O)(=O)c3cccs3)cc2C(=O)O)CC1. The number of amides is 1. The Labute approximate surface area is 192 Å². The first-order chi connectivity index (χ1) is 15.3. The first-order valence-electron chi connectivity index (χ1n) is 10.5. The Bertz CT molecular complexity index is 1030. The maximum Gasteiger partial charge on any atom is 0.337 e. The van der Waals surface area contributed by atoms with E-state index < -0.39 is 16.0 Å². The molecular formula is C21H28N4O5S2. The summed E-state index contributed by atoms with van der Waals surface area (Å²) in [5, 5.41) is 14.3. The Kier molecular flexibility index (Phi) is 8.10. The molecule has 1 aliphatic rings. The van der Waals surface area contributed by atoms with Crippen molar-refractivity contribution in [3.8, 4) is 0 Å². The molecule has 1 aliphatic heterocycles. The van der Waals surface area contributed by atoms with Gasteiger partial charge in [0.15, 0.2) is 0 Å². The Morgan fingerprint density at radius 2 is 1.91 bits per heavy atom. The third kappa shape index (κ3) is 6.21. The summed E-state index contributed by atoms with van der Waals surface area (Å²) in [5.41, 5.74) is 0.757. The first kappa shape index (κ1) is 24.0. The van der Waals surface area contributed by atoms with Crippen LogP contribution in [0.15, 0.2) is 39.9 Å². The first-order valence-corrected chi connectivity index (χ1v) is 12.8. The van der Waals surface area contributed by atoms with Gasteiger partial charge in [-0.05, 0) is 36.1 Å². The van der Waals surface area contributed by atoms with Crippen molar-refractivity contribution in [3.05, 3.63) is 41.3 Å². The number of anilines is 2. The van der Waals surface area contributed by atoms with Gasteiger partial charge in [0.1, 0.15) is 4.21 Å². The second-order valence-corrected chi connectivity index (χ2v) is 10.4. The molecule has 0 radical (unpaired) electrons. The Hall–Kier alpha value is -2.63. The van der Waals surface area contributed by atoms with E-state index in [9.17, 15) is 23.1 Å². The number of nitrogens with zero attached hydrogens (tertiary/aromatic N) is 2. The van der Waals surface area contributed by atoms with Gasteiger partial charge in [0, 0.05) is 38.4 Å². The Balaban J connectivity index is 1.64. The number of hydrogen-bond donors (Lipinski definition) is 3. The van der Waals surface area contributed by atoms with Gasteiger partial charge in [-0.1, -0.05) is 19.4 Å². The van der Waals surface area contributed by atoms with Crippen LogP contribution in [0, 0.1) is 0 Å². The summed E-state index contributed by atoms with van der Waals surface area (Å²) in [6.07, 6.45) is 1.98. The highest BCUT2D eigenvalue weighted by atomic mass is 32.2. The van der Waals surface area contributed by atoms with Crippen LogP contribution in [0.3, 0.4) is 0 Å². The van der Waals surface area contributed by atoms with E-state index in [0.29, 0.717) is 45.0 Å². The van der Waals surface area contributed by atoms with E-state index in [0.717, 1.165) is 24.2 Å². The van der Waals surface area contributed by atoms with E-state index in [2.05, 4.69) is 17.0 Å². The topological polar surface area (TPSA) is 119 Å². The van der Waals surface area contributed by atoms with Crippen molar-refractivity contribution < 1.29 is 23.1 Å². The molecule has 1 fully saturated rings. The van der Waals surface area contributed by atoms with Gasteiger partial charge in [-0.2, -0.15) is 0 Å². The third-order valence-corrected chi connectivity index (χ3v) is 7.95. The number of unbranched alkanes of at least 4 members (excludes halogenated alkanes) is 1. The molecule has 11 heteroatoms. The van der Waals surface area contributed by atoms with Crippen molar-refractivity contribution in [1.82, 2.24) is 10.2 Å². The van der Waals surface area contributed by atoms with Gasteiger partial charge in [0.05, 0.1) is 17.8 Å². The number of carbonyl (C=O) groups excluding carboxylic acids is 1. The molecule has 1 aromatic carbocycles. The monoisotopic (exact) mass is 480 g/mol. The van der Waals surface area contributed by atoms with Crippen LogP contribution in [0.4, 0.5) is 11.4 Å². The minimum absolute atomic E-state index is 0.000465. The molecule has 9 nitrogen and oxygen atoms in total. The maximum atomic E-state index is 12.4. The summed E-state index contributed by atoms with van der Waals surface area (Å²) in [6, 6.07) is 7.67. The highest BCUT2D eigenvalue weighted by Gasteiger charge is 2.24. The smallest absolute Gasteiger partial charge is 0.337 e. The number of nitrogens with one attached hydrogen (secondary N) is 2. The molecule has 1 aromatic heterocycles. The van der Waals surface area contributed by atoms with E-state index >= 15 is 0 Å². The number of benzene rings is 1. The number of carboxylic acid groups (broad SMARTS) is 1. The van der Waals surface area contributed by atoms with Crippen molar-refractivity contribution in [1.29, 1.82) is 0 Å².